The number of nitrogen functional groups attached to an aromatic ring is 1. The van der Waals surface area contributed by atoms with Crippen LogP contribution in [0.1, 0.15) is 17.4 Å². The molecule has 23 heavy (non-hydrogen) atoms. The number of esters is 1. The molecular formula is C15H16ClN3O4. The summed E-state index contributed by atoms with van der Waals surface area (Å²) in [5, 5.41) is 0.448. The van der Waals surface area contributed by atoms with Crippen molar-refractivity contribution in [2.45, 2.75) is 6.92 Å². The second-order valence-corrected chi connectivity index (χ2v) is 4.79. The number of rotatable bonds is 5. The molecule has 8 heteroatoms. The first-order valence-corrected chi connectivity index (χ1v) is 7.12. The van der Waals surface area contributed by atoms with Crippen LogP contribution in [-0.2, 0) is 4.74 Å². The summed E-state index contributed by atoms with van der Waals surface area (Å²) in [6.45, 7) is 1.90. The topological polar surface area (TPSA) is 96.6 Å². The van der Waals surface area contributed by atoms with E-state index in [4.69, 9.17) is 31.5 Å². The third kappa shape index (κ3) is 3.45. The standard InChI is InChI=1S/C15H16ClN3O4/c1-4-23-15(20)11-12(22-3)13(17)19-14(18-11)8-5-6-9(16)10(7-8)21-2/h5-7H,4H2,1-3H3,(H2,17,18,19). The molecule has 7 nitrogen and oxygen atoms in total. The summed E-state index contributed by atoms with van der Waals surface area (Å²) in [7, 11) is 2.88. The highest BCUT2D eigenvalue weighted by molar-refractivity contribution is 6.32. The predicted octanol–water partition coefficient (Wildman–Crippen LogP) is 2.57. The van der Waals surface area contributed by atoms with Crippen molar-refractivity contribution < 1.29 is 19.0 Å². The van der Waals surface area contributed by atoms with Crippen LogP contribution in [0.2, 0.25) is 5.02 Å². The molecule has 2 rings (SSSR count). The Bertz CT molecular complexity index is 737. The van der Waals surface area contributed by atoms with Crippen molar-refractivity contribution in [1.29, 1.82) is 0 Å². The Labute approximate surface area is 138 Å². The van der Waals surface area contributed by atoms with E-state index < -0.39 is 5.97 Å². The van der Waals surface area contributed by atoms with Crippen LogP contribution in [0.15, 0.2) is 18.2 Å². The monoisotopic (exact) mass is 337 g/mol. The third-order valence-electron chi connectivity index (χ3n) is 2.97. The molecule has 0 fully saturated rings. The highest BCUT2D eigenvalue weighted by Gasteiger charge is 2.21. The van der Waals surface area contributed by atoms with E-state index in [0.717, 1.165) is 0 Å². The van der Waals surface area contributed by atoms with E-state index in [1.807, 2.05) is 0 Å². The van der Waals surface area contributed by atoms with Crippen molar-refractivity contribution in [1.82, 2.24) is 9.97 Å². The molecule has 0 saturated carbocycles. The van der Waals surface area contributed by atoms with Crippen molar-refractivity contribution in [3.05, 3.63) is 28.9 Å². The number of halogens is 1. The number of hydrogen-bond acceptors (Lipinski definition) is 7. The van der Waals surface area contributed by atoms with Gasteiger partial charge in [-0.3, -0.25) is 0 Å². The molecule has 2 N–H and O–H groups in total. The predicted molar refractivity (Wildman–Crippen MR) is 86.0 cm³/mol. The molecule has 2 aromatic rings. The van der Waals surface area contributed by atoms with Gasteiger partial charge in [0.05, 0.1) is 25.8 Å². The van der Waals surface area contributed by atoms with Gasteiger partial charge >= 0.3 is 5.97 Å². The first-order chi connectivity index (χ1) is 11.0. The number of ether oxygens (including phenoxy) is 3. The third-order valence-corrected chi connectivity index (χ3v) is 3.29. The number of carbonyl (C=O) groups excluding carboxylic acids is 1. The Morgan fingerprint density at radius 2 is 2.00 bits per heavy atom. The zero-order valence-electron chi connectivity index (χ0n) is 12.9. The van der Waals surface area contributed by atoms with E-state index in [1.54, 1.807) is 25.1 Å². The SMILES string of the molecule is CCOC(=O)c1nc(-c2ccc(Cl)c(OC)c2)nc(N)c1OC. The smallest absolute Gasteiger partial charge is 0.361 e. The summed E-state index contributed by atoms with van der Waals surface area (Å²) >= 11 is 6.00. The van der Waals surface area contributed by atoms with Crippen LogP contribution in [0.4, 0.5) is 5.82 Å². The van der Waals surface area contributed by atoms with Gasteiger partial charge in [-0.25, -0.2) is 14.8 Å². The van der Waals surface area contributed by atoms with Gasteiger partial charge in [0.1, 0.15) is 5.75 Å². The first-order valence-electron chi connectivity index (χ1n) is 6.74. The number of nitrogens with zero attached hydrogens (tertiary/aromatic N) is 2. The van der Waals surface area contributed by atoms with Crippen LogP contribution < -0.4 is 15.2 Å². The summed E-state index contributed by atoms with van der Waals surface area (Å²) in [6.07, 6.45) is 0. The van der Waals surface area contributed by atoms with Gasteiger partial charge in [-0.2, -0.15) is 0 Å². The van der Waals surface area contributed by atoms with Gasteiger partial charge < -0.3 is 19.9 Å². The largest absolute Gasteiger partial charge is 0.495 e. The summed E-state index contributed by atoms with van der Waals surface area (Å²) in [5.41, 5.74) is 6.42. The second-order valence-electron chi connectivity index (χ2n) is 4.38. The van der Waals surface area contributed by atoms with E-state index in [2.05, 4.69) is 9.97 Å². The molecule has 0 aliphatic heterocycles. The summed E-state index contributed by atoms with van der Waals surface area (Å²) < 4.78 is 15.2. The van der Waals surface area contributed by atoms with Crippen LogP contribution in [0.3, 0.4) is 0 Å². The van der Waals surface area contributed by atoms with E-state index in [9.17, 15) is 4.79 Å². The lowest BCUT2D eigenvalue weighted by Gasteiger charge is -2.12. The van der Waals surface area contributed by atoms with Gasteiger partial charge in [0, 0.05) is 5.56 Å². The number of methoxy groups -OCH3 is 2. The average Bonchev–Trinajstić information content (AvgIpc) is 2.54. The van der Waals surface area contributed by atoms with Crippen LogP contribution in [0.25, 0.3) is 11.4 Å². The Morgan fingerprint density at radius 1 is 1.26 bits per heavy atom. The Hall–Kier alpha value is -2.54. The molecule has 0 saturated heterocycles. The summed E-state index contributed by atoms with van der Waals surface area (Å²) in [6, 6.07) is 4.99. The lowest BCUT2D eigenvalue weighted by atomic mass is 10.2. The molecule has 0 radical (unpaired) electrons. The Kier molecular flexibility index (Phi) is 5.23. The summed E-state index contributed by atoms with van der Waals surface area (Å²) in [5.74, 6) is 0.171. The number of anilines is 1. The second kappa shape index (κ2) is 7.15. The number of aromatic nitrogens is 2. The van der Waals surface area contributed by atoms with Crippen molar-refractivity contribution >= 4 is 23.4 Å². The molecule has 0 spiro atoms. The molecule has 1 heterocycles. The van der Waals surface area contributed by atoms with E-state index >= 15 is 0 Å². The van der Waals surface area contributed by atoms with Gasteiger partial charge in [0.15, 0.2) is 23.1 Å². The molecule has 0 aliphatic rings. The normalized spacial score (nSPS) is 10.3. The van der Waals surface area contributed by atoms with Crippen LogP contribution in [-0.4, -0.2) is 36.8 Å². The molecule has 0 amide bonds. The van der Waals surface area contributed by atoms with E-state index in [1.165, 1.54) is 14.2 Å². The van der Waals surface area contributed by atoms with Gasteiger partial charge in [0.2, 0.25) is 0 Å². The number of hydrogen-bond donors (Lipinski definition) is 1. The molecule has 0 bridgehead atoms. The number of nitrogens with two attached hydrogens (primary N) is 1. The Morgan fingerprint density at radius 3 is 2.61 bits per heavy atom. The van der Waals surface area contributed by atoms with Crippen LogP contribution in [0.5, 0.6) is 11.5 Å². The zero-order valence-corrected chi connectivity index (χ0v) is 13.7. The van der Waals surface area contributed by atoms with Gasteiger partial charge in [-0.15, -0.1) is 0 Å². The molecule has 1 aromatic heterocycles. The van der Waals surface area contributed by atoms with Crippen molar-refractivity contribution in [3.8, 4) is 22.9 Å². The minimum absolute atomic E-state index is 0.0363. The molecular weight excluding hydrogens is 322 g/mol. The average molecular weight is 338 g/mol. The van der Waals surface area contributed by atoms with Gasteiger partial charge in [-0.1, -0.05) is 11.6 Å². The maximum atomic E-state index is 12.0. The van der Waals surface area contributed by atoms with Crippen LogP contribution >= 0.6 is 11.6 Å². The van der Waals surface area contributed by atoms with Crippen molar-refractivity contribution in [2.24, 2.45) is 0 Å². The fraction of sp³-hybridized carbons (Fsp3) is 0.267. The molecule has 0 aliphatic carbocycles. The fourth-order valence-electron chi connectivity index (χ4n) is 1.93. The maximum absolute atomic E-state index is 12.0. The van der Waals surface area contributed by atoms with Crippen molar-refractivity contribution in [2.75, 3.05) is 26.6 Å². The zero-order chi connectivity index (χ0) is 17.0. The molecule has 0 unspecified atom stereocenters. The quantitative estimate of drug-likeness (QED) is 0.837. The fourth-order valence-corrected chi connectivity index (χ4v) is 2.13. The maximum Gasteiger partial charge on any atom is 0.361 e. The number of carbonyl (C=O) groups is 1. The molecule has 122 valence electrons. The highest BCUT2D eigenvalue weighted by Crippen LogP contribution is 2.32. The first kappa shape index (κ1) is 16.8. The number of benzene rings is 1. The summed E-state index contributed by atoms with van der Waals surface area (Å²) in [4.78, 5) is 20.4. The van der Waals surface area contributed by atoms with Gasteiger partial charge in [-0.05, 0) is 25.1 Å². The van der Waals surface area contributed by atoms with Crippen molar-refractivity contribution in [3.63, 3.8) is 0 Å². The minimum Gasteiger partial charge on any atom is -0.495 e. The Balaban J connectivity index is 2.58. The lowest BCUT2D eigenvalue weighted by Crippen LogP contribution is -2.13. The highest BCUT2D eigenvalue weighted by atomic mass is 35.5. The van der Waals surface area contributed by atoms with E-state index in [-0.39, 0.29) is 29.7 Å². The lowest BCUT2D eigenvalue weighted by molar-refractivity contribution is 0.0515. The van der Waals surface area contributed by atoms with Crippen LogP contribution in [0, 0.1) is 0 Å². The van der Waals surface area contributed by atoms with Gasteiger partial charge in [0.25, 0.3) is 0 Å². The minimum atomic E-state index is -0.638. The molecule has 0 atom stereocenters. The molecule has 1 aromatic carbocycles. The van der Waals surface area contributed by atoms with E-state index in [0.29, 0.717) is 16.3 Å².